The number of halogens is 1. The zero-order valence-corrected chi connectivity index (χ0v) is 8.31. The Morgan fingerprint density at radius 1 is 1.56 bits per heavy atom. The molecule has 0 saturated heterocycles. The van der Waals surface area contributed by atoms with Crippen molar-refractivity contribution in [2.45, 2.75) is 6.10 Å². The van der Waals surface area contributed by atoms with Crippen LogP contribution in [0.4, 0.5) is 4.39 Å². The van der Waals surface area contributed by atoms with Gasteiger partial charge in [0, 0.05) is 5.56 Å². The molecule has 1 unspecified atom stereocenters. The minimum Gasteiger partial charge on any atom is -0.493 e. The number of carbonyl (C=O) groups excluding carboxylic acids is 1. The van der Waals surface area contributed by atoms with Gasteiger partial charge in [0.1, 0.15) is 0 Å². The molecule has 5 nitrogen and oxygen atoms in total. The minimum absolute atomic E-state index is 0.0543. The van der Waals surface area contributed by atoms with E-state index in [0.717, 1.165) is 13.2 Å². The zero-order chi connectivity index (χ0) is 12.3. The first kappa shape index (κ1) is 12.1. The third-order valence-electron chi connectivity index (χ3n) is 2.02. The van der Waals surface area contributed by atoms with E-state index in [1.807, 2.05) is 0 Å². The van der Waals surface area contributed by atoms with E-state index >= 15 is 0 Å². The van der Waals surface area contributed by atoms with Crippen molar-refractivity contribution in [1.29, 1.82) is 0 Å². The molecule has 0 heterocycles. The first-order valence-electron chi connectivity index (χ1n) is 4.25. The molecular formula is C10H9FO5. The summed E-state index contributed by atoms with van der Waals surface area (Å²) in [6.07, 6.45) is -1.62. The molecule has 86 valence electrons. The first-order valence-corrected chi connectivity index (χ1v) is 4.25. The number of aliphatic hydroxyl groups excluding tert-OH is 1. The van der Waals surface area contributed by atoms with Gasteiger partial charge in [-0.25, -0.2) is 9.18 Å². The Labute approximate surface area is 90.1 Å². The molecule has 0 aliphatic carbocycles. The van der Waals surface area contributed by atoms with Crippen LogP contribution in [0.5, 0.6) is 5.75 Å². The third kappa shape index (κ3) is 2.01. The Balaban J connectivity index is 3.34. The van der Waals surface area contributed by atoms with E-state index in [4.69, 9.17) is 5.11 Å². The van der Waals surface area contributed by atoms with E-state index in [0.29, 0.717) is 6.29 Å². The van der Waals surface area contributed by atoms with E-state index in [1.165, 1.54) is 6.07 Å². The molecule has 0 amide bonds. The summed E-state index contributed by atoms with van der Waals surface area (Å²) < 4.78 is 18.3. The highest BCUT2D eigenvalue weighted by molar-refractivity contribution is 5.81. The van der Waals surface area contributed by atoms with Gasteiger partial charge in [0.05, 0.1) is 12.7 Å². The predicted molar refractivity (Wildman–Crippen MR) is 50.9 cm³/mol. The number of carboxylic acids is 1. The van der Waals surface area contributed by atoms with Crippen molar-refractivity contribution in [2.24, 2.45) is 0 Å². The van der Waals surface area contributed by atoms with Crippen LogP contribution in [0.15, 0.2) is 12.1 Å². The van der Waals surface area contributed by atoms with Crippen LogP contribution in [0.25, 0.3) is 0 Å². The standard InChI is InChI=1S/C10H9FO5/c1-16-9-5(4-12)2-3-6(7(9)11)8(13)10(14)15/h2-4,8,13H,1H3,(H,14,15). The van der Waals surface area contributed by atoms with Crippen molar-refractivity contribution in [3.63, 3.8) is 0 Å². The highest BCUT2D eigenvalue weighted by Gasteiger charge is 2.23. The summed E-state index contributed by atoms with van der Waals surface area (Å²) in [7, 11) is 1.14. The smallest absolute Gasteiger partial charge is 0.337 e. The van der Waals surface area contributed by atoms with Crippen LogP contribution < -0.4 is 4.74 Å². The van der Waals surface area contributed by atoms with Gasteiger partial charge >= 0.3 is 5.97 Å². The van der Waals surface area contributed by atoms with E-state index in [9.17, 15) is 19.1 Å². The third-order valence-corrected chi connectivity index (χ3v) is 2.02. The van der Waals surface area contributed by atoms with Crippen LogP contribution in [0.1, 0.15) is 22.0 Å². The number of rotatable bonds is 4. The number of methoxy groups -OCH3 is 1. The molecular weight excluding hydrogens is 219 g/mol. The number of carboxylic acid groups (broad SMARTS) is 1. The monoisotopic (exact) mass is 228 g/mol. The molecule has 0 aliphatic rings. The largest absolute Gasteiger partial charge is 0.493 e. The molecule has 1 aromatic rings. The lowest BCUT2D eigenvalue weighted by Crippen LogP contribution is -2.13. The highest BCUT2D eigenvalue weighted by Crippen LogP contribution is 2.28. The van der Waals surface area contributed by atoms with E-state index in [2.05, 4.69) is 4.74 Å². The second-order valence-corrected chi connectivity index (χ2v) is 2.95. The number of aliphatic hydroxyl groups is 1. The highest BCUT2D eigenvalue weighted by atomic mass is 19.1. The summed E-state index contributed by atoms with van der Waals surface area (Å²) >= 11 is 0. The molecule has 0 bridgehead atoms. The van der Waals surface area contributed by atoms with Crippen LogP contribution in [-0.2, 0) is 4.79 Å². The summed E-state index contributed by atoms with van der Waals surface area (Å²) in [5.74, 6) is -3.02. The van der Waals surface area contributed by atoms with Crippen LogP contribution in [0.2, 0.25) is 0 Å². The van der Waals surface area contributed by atoms with Crippen molar-refractivity contribution in [3.05, 3.63) is 29.1 Å². The van der Waals surface area contributed by atoms with Crippen LogP contribution in [0.3, 0.4) is 0 Å². The van der Waals surface area contributed by atoms with Crippen LogP contribution >= 0.6 is 0 Å². The molecule has 2 N–H and O–H groups in total. The maximum Gasteiger partial charge on any atom is 0.337 e. The fourth-order valence-corrected chi connectivity index (χ4v) is 1.23. The normalized spacial score (nSPS) is 11.9. The minimum atomic E-state index is -1.99. The molecule has 0 aliphatic heterocycles. The van der Waals surface area contributed by atoms with Gasteiger partial charge < -0.3 is 14.9 Å². The summed E-state index contributed by atoms with van der Waals surface area (Å²) in [6, 6.07) is 2.21. The second kappa shape index (κ2) is 4.71. The number of aliphatic carboxylic acids is 1. The SMILES string of the molecule is COc1c(C=O)ccc(C(O)C(=O)O)c1F. The number of hydrogen-bond donors (Lipinski definition) is 2. The van der Waals surface area contributed by atoms with Gasteiger partial charge in [-0.15, -0.1) is 0 Å². The van der Waals surface area contributed by atoms with Gasteiger partial charge in [-0.1, -0.05) is 6.07 Å². The van der Waals surface area contributed by atoms with Gasteiger partial charge in [0.25, 0.3) is 0 Å². The Hall–Kier alpha value is -1.95. The number of ether oxygens (including phenoxy) is 1. The molecule has 0 fully saturated rings. The second-order valence-electron chi connectivity index (χ2n) is 2.95. The van der Waals surface area contributed by atoms with Crippen molar-refractivity contribution < 1.29 is 28.9 Å². The lowest BCUT2D eigenvalue weighted by Gasteiger charge is -2.11. The fourth-order valence-electron chi connectivity index (χ4n) is 1.23. The number of carbonyl (C=O) groups is 2. The van der Waals surface area contributed by atoms with E-state index < -0.39 is 23.5 Å². The Morgan fingerprint density at radius 3 is 2.62 bits per heavy atom. The van der Waals surface area contributed by atoms with Crippen LogP contribution in [0, 0.1) is 5.82 Å². The number of hydrogen-bond acceptors (Lipinski definition) is 4. The van der Waals surface area contributed by atoms with Crippen LogP contribution in [-0.4, -0.2) is 29.6 Å². The predicted octanol–water partition coefficient (Wildman–Crippen LogP) is 0.765. The molecule has 0 saturated carbocycles. The molecule has 1 rings (SSSR count). The maximum atomic E-state index is 13.6. The fraction of sp³-hybridized carbons (Fsp3) is 0.200. The molecule has 1 atom stereocenters. The van der Waals surface area contributed by atoms with Crippen molar-refractivity contribution in [2.75, 3.05) is 7.11 Å². The Kier molecular flexibility index (Phi) is 3.57. The summed E-state index contributed by atoms with van der Waals surface area (Å²) in [5.41, 5.74) is -0.503. The van der Waals surface area contributed by atoms with Gasteiger partial charge in [0.2, 0.25) is 0 Å². The quantitative estimate of drug-likeness (QED) is 0.743. The topological polar surface area (TPSA) is 83.8 Å². The molecule has 6 heteroatoms. The molecule has 16 heavy (non-hydrogen) atoms. The zero-order valence-electron chi connectivity index (χ0n) is 8.31. The number of benzene rings is 1. The lowest BCUT2D eigenvalue weighted by molar-refractivity contribution is -0.147. The average Bonchev–Trinajstić information content (AvgIpc) is 2.27. The summed E-state index contributed by atoms with van der Waals surface area (Å²) in [6.45, 7) is 0. The lowest BCUT2D eigenvalue weighted by atomic mass is 10.1. The Bertz CT molecular complexity index is 429. The van der Waals surface area contributed by atoms with E-state index in [1.54, 1.807) is 0 Å². The van der Waals surface area contributed by atoms with Gasteiger partial charge in [0.15, 0.2) is 24.0 Å². The maximum absolute atomic E-state index is 13.6. The van der Waals surface area contributed by atoms with Gasteiger partial charge in [-0.3, -0.25) is 4.79 Å². The molecule has 0 radical (unpaired) electrons. The van der Waals surface area contributed by atoms with Gasteiger partial charge in [-0.2, -0.15) is 0 Å². The first-order chi connectivity index (χ1) is 7.52. The van der Waals surface area contributed by atoms with Crippen molar-refractivity contribution in [3.8, 4) is 5.75 Å². The molecule has 0 aromatic heterocycles. The van der Waals surface area contributed by atoms with Crippen molar-refractivity contribution >= 4 is 12.3 Å². The molecule has 1 aromatic carbocycles. The van der Waals surface area contributed by atoms with Gasteiger partial charge in [-0.05, 0) is 6.07 Å². The summed E-state index contributed by atoms with van der Waals surface area (Å²) in [5, 5.41) is 17.7. The van der Waals surface area contributed by atoms with E-state index in [-0.39, 0.29) is 11.3 Å². The summed E-state index contributed by atoms with van der Waals surface area (Å²) in [4.78, 5) is 21.0. The Morgan fingerprint density at radius 2 is 2.19 bits per heavy atom. The molecule has 0 spiro atoms. The average molecular weight is 228 g/mol. The van der Waals surface area contributed by atoms with Crippen molar-refractivity contribution in [1.82, 2.24) is 0 Å². The number of aldehydes is 1.